The lowest BCUT2D eigenvalue weighted by atomic mass is 10.1. The molecule has 0 bridgehead atoms. The van der Waals surface area contributed by atoms with E-state index < -0.39 is 0 Å². The van der Waals surface area contributed by atoms with E-state index in [9.17, 15) is 0 Å². The number of guanidine groups is 1. The van der Waals surface area contributed by atoms with E-state index in [0.717, 1.165) is 42.5 Å². The van der Waals surface area contributed by atoms with Crippen LogP contribution in [0.4, 0.5) is 0 Å². The summed E-state index contributed by atoms with van der Waals surface area (Å²) in [6.45, 7) is 6.29. The van der Waals surface area contributed by atoms with Crippen LogP contribution in [-0.2, 0) is 13.0 Å². The molecule has 25 heavy (non-hydrogen) atoms. The molecular formula is C19H27IN4O. The van der Waals surface area contributed by atoms with Crippen molar-refractivity contribution in [2.75, 3.05) is 20.2 Å². The van der Waals surface area contributed by atoms with Gasteiger partial charge in [-0.1, -0.05) is 24.3 Å². The normalized spacial score (nSPS) is 10.8. The summed E-state index contributed by atoms with van der Waals surface area (Å²) in [6.07, 6.45) is 2.68. The van der Waals surface area contributed by atoms with Crippen molar-refractivity contribution in [2.24, 2.45) is 4.99 Å². The summed E-state index contributed by atoms with van der Waals surface area (Å²) in [5, 5.41) is 6.63. The van der Waals surface area contributed by atoms with Gasteiger partial charge in [0.2, 0.25) is 0 Å². The third-order valence-corrected chi connectivity index (χ3v) is 3.73. The molecule has 0 aliphatic heterocycles. The molecule has 0 aliphatic rings. The van der Waals surface area contributed by atoms with Gasteiger partial charge in [-0.15, -0.1) is 24.0 Å². The topological polar surface area (TPSA) is 58.5 Å². The zero-order valence-electron chi connectivity index (χ0n) is 15.1. The minimum atomic E-state index is 0. The minimum Gasteiger partial charge on any atom is -0.496 e. The molecule has 0 saturated carbocycles. The smallest absolute Gasteiger partial charge is 0.191 e. The van der Waals surface area contributed by atoms with Crippen molar-refractivity contribution in [3.63, 3.8) is 0 Å². The van der Waals surface area contributed by atoms with Gasteiger partial charge in [0.25, 0.3) is 0 Å². The lowest BCUT2D eigenvalue weighted by Crippen LogP contribution is -2.38. The number of aryl methyl sites for hydroxylation is 1. The summed E-state index contributed by atoms with van der Waals surface area (Å²) >= 11 is 0. The van der Waals surface area contributed by atoms with E-state index in [4.69, 9.17) is 4.74 Å². The predicted octanol–water partition coefficient (Wildman–Crippen LogP) is 3.31. The third-order valence-electron chi connectivity index (χ3n) is 3.73. The van der Waals surface area contributed by atoms with Crippen LogP contribution in [0, 0.1) is 6.92 Å². The molecule has 6 heteroatoms. The van der Waals surface area contributed by atoms with Crippen molar-refractivity contribution in [3.05, 3.63) is 59.4 Å². The lowest BCUT2D eigenvalue weighted by Gasteiger charge is -2.13. The number of rotatable bonds is 7. The van der Waals surface area contributed by atoms with Crippen LogP contribution in [0.15, 0.2) is 47.6 Å². The Hall–Kier alpha value is -1.83. The van der Waals surface area contributed by atoms with Crippen LogP contribution in [-0.4, -0.2) is 31.1 Å². The number of hydrogen-bond donors (Lipinski definition) is 2. The number of pyridine rings is 1. The maximum atomic E-state index is 5.39. The quantitative estimate of drug-likeness (QED) is 0.383. The van der Waals surface area contributed by atoms with Crippen molar-refractivity contribution in [1.29, 1.82) is 0 Å². The van der Waals surface area contributed by atoms with E-state index in [-0.39, 0.29) is 24.0 Å². The number of nitrogens with zero attached hydrogens (tertiary/aromatic N) is 2. The Balaban J connectivity index is 0.00000312. The van der Waals surface area contributed by atoms with Crippen LogP contribution >= 0.6 is 24.0 Å². The Kier molecular flexibility index (Phi) is 9.91. The summed E-state index contributed by atoms with van der Waals surface area (Å²) in [5.74, 6) is 1.72. The molecule has 2 N–H and O–H groups in total. The fraction of sp³-hybridized carbons (Fsp3) is 0.368. The van der Waals surface area contributed by atoms with Gasteiger partial charge in [-0.3, -0.25) is 4.98 Å². The van der Waals surface area contributed by atoms with Gasteiger partial charge < -0.3 is 15.4 Å². The van der Waals surface area contributed by atoms with E-state index in [0.29, 0.717) is 6.54 Å². The lowest BCUT2D eigenvalue weighted by molar-refractivity contribution is 0.409. The number of benzene rings is 1. The molecule has 1 aromatic carbocycles. The summed E-state index contributed by atoms with van der Waals surface area (Å²) < 4.78 is 5.39. The number of halogens is 1. The molecule has 0 radical (unpaired) electrons. The number of aromatic nitrogens is 1. The van der Waals surface area contributed by atoms with Gasteiger partial charge in [0.15, 0.2) is 5.96 Å². The molecule has 0 aliphatic carbocycles. The highest BCUT2D eigenvalue weighted by Gasteiger charge is 2.03. The summed E-state index contributed by atoms with van der Waals surface area (Å²) in [6, 6.07) is 12.1. The van der Waals surface area contributed by atoms with Crippen LogP contribution in [0.5, 0.6) is 5.75 Å². The summed E-state index contributed by atoms with van der Waals surface area (Å²) in [4.78, 5) is 9.00. The summed E-state index contributed by atoms with van der Waals surface area (Å²) in [5.41, 5.74) is 3.34. The molecular weight excluding hydrogens is 427 g/mol. The maximum Gasteiger partial charge on any atom is 0.191 e. The van der Waals surface area contributed by atoms with Gasteiger partial charge in [0.1, 0.15) is 5.75 Å². The van der Waals surface area contributed by atoms with Crippen LogP contribution in [0.2, 0.25) is 0 Å². The molecule has 136 valence electrons. The van der Waals surface area contributed by atoms with Gasteiger partial charge in [-0.05, 0) is 43.5 Å². The second-order valence-corrected chi connectivity index (χ2v) is 5.45. The first kappa shape index (κ1) is 21.2. The molecule has 1 heterocycles. The second kappa shape index (κ2) is 11.7. The molecule has 5 nitrogen and oxygen atoms in total. The Labute approximate surface area is 167 Å². The Bertz CT molecular complexity index is 676. The monoisotopic (exact) mass is 454 g/mol. The average Bonchev–Trinajstić information content (AvgIpc) is 2.61. The second-order valence-electron chi connectivity index (χ2n) is 5.45. The number of ether oxygens (including phenoxy) is 1. The summed E-state index contributed by atoms with van der Waals surface area (Å²) in [7, 11) is 1.70. The maximum absolute atomic E-state index is 5.39. The molecule has 0 atom stereocenters. The first-order chi connectivity index (χ1) is 11.7. The molecule has 0 amide bonds. The van der Waals surface area contributed by atoms with Crippen molar-refractivity contribution < 1.29 is 4.74 Å². The highest BCUT2D eigenvalue weighted by atomic mass is 127. The fourth-order valence-corrected chi connectivity index (χ4v) is 2.40. The molecule has 0 fully saturated rings. The Morgan fingerprint density at radius 2 is 1.96 bits per heavy atom. The van der Waals surface area contributed by atoms with Crippen LogP contribution in [0.1, 0.15) is 23.7 Å². The molecule has 2 aromatic rings. The van der Waals surface area contributed by atoms with Gasteiger partial charge >= 0.3 is 0 Å². The van der Waals surface area contributed by atoms with Crippen LogP contribution in [0.3, 0.4) is 0 Å². The Morgan fingerprint density at radius 1 is 1.16 bits per heavy atom. The van der Waals surface area contributed by atoms with Gasteiger partial charge in [0, 0.05) is 19.3 Å². The largest absolute Gasteiger partial charge is 0.496 e. The number of para-hydroxylation sites is 1. The predicted molar refractivity (Wildman–Crippen MR) is 114 cm³/mol. The van der Waals surface area contributed by atoms with E-state index in [1.807, 2.05) is 24.3 Å². The van der Waals surface area contributed by atoms with E-state index in [1.165, 1.54) is 5.56 Å². The standard InChI is InChI=1S/C19H26N4O.HI/c1-4-20-19(23-14-17-15(2)8-7-12-21-17)22-13-11-16-9-5-6-10-18(16)24-3;/h5-10,12H,4,11,13-14H2,1-3H3,(H2,20,22,23);1H. The zero-order chi connectivity index (χ0) is 17.2. The first-order valence-corrected chi connectivity index (χ1v) is 8.29. The Morgan fingerprint density at radius 3 is 2.68 bits per heavy atom. The molecule has 0 unspecified atom stereocenters. The van der Waals surface area contributed by atoms with Crippen molar-refractivity contribution in [1.82, 2.24) is 15.6 Å². The van der Waals surface area contributed by atoms with Crippen molar-refractivity contribution in [3.8, 4) is 5.75 Å². The number of aliphatic imine (C=N–C) groups is 1. The van der Waals surface area contributed by atoms with Gasteiger partial charge in [-0.2, -0.15) is 0 Å². The van der Waals surface area contributed by atoms with E-state index >= 15 is 0 Å². The highest BCUT2D eigenvalue weighted by molar-refractivity contribution is 14.0. The van der Waals surface area contributed by atoms with E-state index in [2.05, 4.69) is 46.6 Å². The number of methoxy groups -OCH3 is 1. The number of nitrogens with one attached hydrogen (secondary N) is 2. The SMILES string of the molecule is CCNC(=NCc1ncccc1C)NCCc1ccccc1OC.I. The third kappa shape index (κ3) is 6.89. The number of hydrogen-bond acceptors (Lipinski definition) is 3. The minimum absolute atomic E-state index is 0. The van der Waals surface area contributed by atoms with E-state index in [1.54, 1.807) is 13.3 Å². The molecule has 2 rings (SSSR count). The molecule has 0 spiro atoms. The highest BCUT2D eigenvalue weighted by Crippen LogP contribution is 2.17. The fourth-order valence-electron chi connectivity index (χ4n) is 2.40. The van der Waals surface area contributed by atoms with Crippen molar-refractivity contribution in [2.45, 2.75) is 26.8 Å². The van der Waals surface area contributed by atoms with Gasteiger partial charge in [-0.25, -0.2) is 4.99 Å². The average molecular weight is 454 g/mol. The van der Waals surface area contributed by atoms with Crippen molar-refractivity contribution >= 4 is 29.9 Å². The van der Waals surface area contributed by atoms with Crippen LogP contribution < -0.4 is 15.4 Å². The van der Waals surface area contributed by atoms with Crippen LogP contribution in [0.25, 0.3) is 0 Å². The molecule has 1 aromatic heterocycles. The zero-order valence-corrected chi connectivity index (χ0v) is 17.4. The molecule has 0 saturated heterocycles. The van der Waals surface area contributed by atoms with Gasteiger partial charge in [0.05, 0.1) is 19.3 Å². The first-order valence-electron chi connectivity index (χ1n) is 8.29.